The van der Waals surface area contributed by atoms with Crippen LogP contribution in [0.5, 0.6) is 0 Å². The average molecular weight is 328 g/mol. The van der Waals surface area contributed by atoms with E-state index in [4.69, 9.17) is 0 Å². The van der Waals surface area contributed by atoms with Gasteiger partial charge in [-0.15, -0.1) is 0 Å². The highest BCUT2D eigenvalue weighted by molar-refractivity contribution is 5.98. The molecule has 0 fully saturated rings. The van der Waals surface area contributed by atoms with Gasteiger partial charge >= 0.3 is 0 Å². The third-order valence-electron chi connectivity index (χ3n) is 4.62. The predicted octanol–water partition coefficient (Wildman–Crippen LogP) is 4.65. The lowest BCUT2D eigenvalue weighted by atomic mass is 10.0. The lowest BCUT2D eigenvalue weighted by Crippen LogP contribution is -2.34. The molecule has 0 saturated carbocycles. The number of hydrogen-bond donors (Lipinski definition) is 1. The second-order valence-corrected chi connectivity index (χ2v) is 6.30. The van der Waals surface area contributed by atoms with Gasteiger partial charge in [0.15, 0.2) is 0 Å². The monoisotopic (exact) mass is 328 g/mol. The Labute approximate surface area is 147 Å². The molecule has 1 aliphatic heterocycles. The van der Waals surface area contributed by atoms with E-state index in [9.17, 15) is 4.79 Å². The van der Waals surface area contributed by atoms with Crippen molar-refractivity contribution in [2.45, 2.75) is 6.42 Å². The van der Waals surface area contributed by atoms with E-state index in [1.807, 2.05) is 53.6 Å². The van der Waals surface area contributed by atoms with Crippen molar-refractivity contribution < 1.29 is 4.79 Å². The van der Waals surface area contributed by atoms with E-state index in [0.29, 0.717) is 6.54 Å². The van der Waals surface area contributed by atoms with Crippen LogP contribution in [0.15, 0.2) is 78.5 Å². The highest BCUT2D eigenvalue weighted by Gasteiger charge is 2.18. The van der Waals surface area contributed by atoms with Gasteiger partial charge in [-0.3, -0.25) is 4.79 Å². The van der Waals surface area contributed by atoms with Crippen LogP contribution in [0.25, 0.3) is 17.0 Å². The van der Waals surface area contributed by atoms with Crippen LogP contribution in [0.4, 0.5) is 0 Å². The number of nitrogens with zero attached hydrogens (tertiary/aromatic N) is 1. The zero-order valence-electron chi connectivity index (χ0n) is 14.0. The highest BCUT2D eigenvalue weighted by Crippen LogP contribution is 2.19. The summed E-state index contributed by atoms with van der Waals surface area (Å²) < 4.78 is 0. The van der Waals surface area contributed by atoms with Crippen LogP contribution in [-0.2, 0) is 0 Å². The van der Waals surface area contributed by atoms with E-state index < -0.39 is 0 Å². The minimum Gasteiger partial charge on any atom is -0.361 e. The number of aromatic amines is 1. The molecule has 0 bridgehead atoms. The van der Waals surface area contributed by atoms with Crippen molar-refractivity contribution in [1.29, 1.82) is 0 Å². The molecular formula is C22H20N2O. The van der Waals surface area contributed by atoms with E-state index in [1.54, 1.807) is 0 Å². The number of benzene rings is 2. The summed E-state index contributed by atoms with van der Waals surface area (Å²) in [6.45, 7) is 1.42. The normalized spacial score (nSPS) is 14.9. The minimum absolute atomic E-state index is 0.102. The second kappa shape index (κ2) is 6.81. The molecule has 124 valence electrons. The van der Waals surface area contributed by atoms with Crippen LogP contribution in [0.3, 0.4) is 0 Å². The molecule has 1 aromatic heterocycles. The lowest BCUT2D eigenvalue weighted by Gasteiger charge is -2.25. The molecular weight excluding hydrogens is 308 g/mol. The Morgan fingerprint density at radius 3 is 2.72 bits per heavy atom. The van der Waals surface area contributed by atoms with E-state index in [0.717, 1.165) is 29.4 Å². The number of H-pyrrole nitrogens is 1. The van der Waals surface area contributed by atoms with Gasteiger partial charge in [-0.1, -0.05) is 48.6 Å². The van der Waals surface area contributed by atoms with Gasteiger partial charge in [0.05, 0.1) is 0 Å². The fourth-order valence-electron chi connectivity index (χ4n) is 3.16. The Kier molecular flexibility index (Phi) is 4.21. The number of nitrogens with one attached hydrogen (secondary N) is 1. The largest absolute Gasteiger partial charge is 0.361 e. The quantitative estimate of drug-likeness (QED) is 0.746. The fraction of sp³-hybridized carbons (Fsp3) is 0.136. The van der Waals surface area contributed by atoms with Crippen molar-refractivity contribution in [3.05, 3.63) is 89.6 Å². The summed E-state index contributed by atoms with van der Waals surface area (Å²) >= 11 is 0. The summed E-state index contributed by atoms with van der Waals surface area (Å²) in [5.41, 5.74) is 4.29. The number of amides is 1. The second-order valence-electron chi connectivity index (χ2n) is 6.30. The first-order valence-corrected chi connectivity index (χ1v) is 8.58. The zero-order chi connectivity index (χ0) is 17.1. The average Bonchev–Trinajstić information content (AvgIpc) is 3.15. The van der Waals surface area contributed by atoms with Gasteiger partial charge in [-0.25, -0.2) is 0 Å². The van der Waals surface area contributed by atoms with Crippen LogP contribution in [0.2, 0.25) is 0 Å². The molecule has 4 rings (SSSR count). The molecule has 2 aromatic carbocycles. The topological polar surface area (TPSA) is 36.1 Å². The van der Waals surface area contributed by atoms with Crippen LogP contribution >= 0.6 is 0 Å². The first kappa shape index (κ1) is 15.5. The number of carbonyl (C=O) groups excluding carboxylic acids is 1. The smallest absolute Gasteiger partial charge is 0.254 e. The number of rotatable bonds is 3. The summed E-state index contributed by atoms with van der Waals surface area (Å²) in [6.07, 6.45) is 9.22. The van der Waals surface area contributed by atoms with E-state index >= 15 is 0 Å². The third-order valence-corrected chi connectivity index (χ3v) is 4.62. The Hall–Kier alpha value is -3.07. The van der Waals surface area contributed by atoms with Gasteiger partial charge in [0, 0.05) is 35.8 Å². The molecule has 1 N–H and O–H groups in total. The van der Waals surface area contributed by atoms with Gasteiger partial charge < -0.3 is 9.88 Å². The van der Waals surface area contributed by atoms with Gasteiger partial charge in [0.2, 0.25) is 0 Å². The summed E-state index contributed by atoms with van der Waals surface area (Å²) in [6, 6.07) is 18.1. The molecule has 1 aliphatic rings. The summed E-state index contributed by atoms with van der Waals surface area (Å²) in [5, 5.41) is 1.07. The van der Waals surface area contributed by atoms with Crippen LogP contribution in [-0.4, -0.2) is 28.9 Å². The van der Waals surface area contributed by atoms with Gasteiger partial charge in [0.25, 0.3) is 5.91 Å². The lowest BCUT2D eigenvalue weighted by molar-refractivity contribution is 0.0770. The molecule has 0 spiro atoms. The molecule has 0 unspecified atom stereocenters. The first-order chi connectivity index (χ1) is 12.3. The molecule has 0 radical (unpaired) electrons. The summed E-state index contributed by atoms with van der Waals surface area (Å²) in [4.78, 5) is 17.8. The van der Waals surface area contributed by atoms with Gasteiger partial charge in [-0.2, -0.15) is 0 Å². The fourth-order valence-corrected chi connectivity index (χ4v) is 3.16. The molecule has 3 aromatic rings. The molecule has 2 heterocycles. The first-order valence-electron chi connectivity index (χ1n) is 8.58. The van der Waals surface area contributed by atoms with Crippen LogP contribution < -0.4 is 0 Å². The number of carbonyl (C=O) groups is 1. The molecule has 3 heteroatoms. The van der Waals surface area contributed by atoms with E-state index in [2.05, 4.69) is 35.3 Å². The molecule has 0 saturated heterocycles. The number of hydrogen-bond acceptors (Lipinski definition) is 1. The molecule has 3 nitrogen and oxygen atoms in total. The maximum atomic E-state index is 12.7. The maximum Gasteiger partial charge on any atom is 0.254 e. The number of aromatic nitrogens is 1. The number of fused-ring (bicyclic) bond motifs is 1. The predicted molar refractivity (Wildman–Crippen MR) is 102 cm³/mol. The number of allylic oxidation sites excluding steroid dienone is 1. The zero-order valence-corrected chi connectivity index (χ0v) is 14.0. The summed E-state index contributed by atoms with van der Waals surface area (Å²) in [5.74, 6) is 0.102. The van der Waals surface area contributed by atoms with Crippen LogP contribution in [0, 0.1) is 0 Å². The SMILES string of the molecule is O=C(c1ccc2[nH]ccc2c1)N1CC=C(/C=C/c2ccccc2)CC1. The van der Waals surface area contributed by atoms with Crippen molar-refractivity contribution in [3.63, 3.8) is 0 Å². The van der Waals surface area contributed by atoms with Crippen molar-refractivity contribution in [2.75, 3.05) is 13.1 Å². The maximum absolute atomic E-state index is 12.7. The van der Waals surface area contributed by atoms with Gasteiger partial charge in [0.1, 0.15) is 0 Å². The Morgan fingerprint density at radius 1 is 1.04 bits per heavy atom. The van der Waals surface area contributed by atoms with Crippen molar-refractivity contribution in [2.24, 2.45) is 0 Å². The van der Waals surface area contributed by atoms with Crippen molar-refractivity contribution >= 4 is 22.9 Å². The van der Waals surface area contributed by atoms with Crippen molar-refractivity contribution in [1.82, 2.24) is 9.88 Å². The Bertz CT molecular complexity index is 950. The Morgan fingerprint density at radius 2 is 1.92 bits per heavy atom. The van der Waals surface area contributed by atoms with Crippen LogP contribution in [0.1, 0.15) is 22.3 Å². The molecule has 0 atom stereocenters. The van der Waals surface area contributed by atoms with E-state index in [1.165, 1.54) is 11.1 Å². The van der Waals surface area contributed by atoms with Gasteiger partial charge in [-0.05, 0) is 41.8 Å². The minimum atomic E-state index is 0.102. The third kappa shape index (κ3) is 3.41. The summed E-state index contributed by atoms with van der Waals surface area (Å²) in [7, 11) is 0. The van der Waals surface area contributed by atoms with E-state index in [-0.39, 0.29) is 5.91 Å². The standard InChI is InChI=1S/C22H20N2O/c25-22(20-8-9-21-19(16-20)10-13-23-21)24-14-11-18(12-15-24)7-6-17-4-2-1-3-5-17/h1-11,13,16,23H,12,14-15H2/b7-6+. The molecule has 0 aliphatic carbocycles. The molecule has 25 heavy (non-hydrogen) atoms. The highest BCUT2D eigenvalue weighted by atomic mass is 16.2. The molecule has 1 amide bonds. The van der Waals surface area contributed by atoms with Crippen molar-refractivity contribution in [3.8, 4) is 0 Å². The Balaban J connectivity index is 1.44.